The highest BCUT2D eigenvalue weighted by atomic mass is 16.7. The first-order chi connectivity index (χ1) is 8.99. The smallest absolute Gasteiger partial charge is 0.310 e. The van der Waals surface area contributed by atoms with Gasteiger partial charge in [0.05, 0.1) is 18.6 Å². The molecule has 3 saturated heterocycles. The van der Waals surface area contributed by atoms with Crippen LogP contribution in [0.5, 0.6) is 0 Å². The number of epoxide rings is 2. The summed E-state index contributed by atoms with van der Waals surface area (Å²) in [7, 11) is 0. The van der Waals surface area contributed by atoms with Crippen molar-refractivity contribution in [1.29, 1.82) is 0 Å². The van der Waals surface area contributed by atoms with E-state index in [0.29, 0.717) is 17.8 Å². The third-order valence-electron chi connectivity index (χ3n) is 6.66. The van der Waals surface area contributed by atoms with Crippen molar-refractivity contribution < 1.29 is 19.0 Å². The second kappa shape index (κ2) is 2.86. The summed E-state index contributed by atoms with van der Waals surface area (Å²) >= 11 is 0. The normalized spacial score (nSPS) is 64.1. The molecule has 0 aromatic carbocycles. The van der Waals surface area contributed by atoms with Gasteiger partial charge < -0.3 is 14.2 Å². The van der Waals surface area contributed by atoms with Crippen molar-refractivity contribution in [2.45, 2.75) is 51.1 Å². The van der Waals surface area contributed by atoms with Crippen LogP contribution in [0.1, 0.15) is 27.2 Å². The predicted molar refractivity (Wildman–Crippen MR) is 65.3 cm³/mol. The summed E-state index contributed by atoms with van der Waals surface area (Å²) in [5, 5.41) is 0. The summed E-state index contributed by atoms with van der Waals surface area (Å²) in [5.41, 5.74) is -0.0117. The molecule has 0 amide bonds. The number of carbonyl (C=O) groups is 1. The van der Waals surface area contributed by atoms with Crippen LogP contribution in [-0.2, 0) is 19.0 Å². The number of hydrogen-bond donors (Lipinski definition) is 0. The van der Waals surface area contributed by atoms with Gasteiger partial charge in [-0.05, 0) is 12.3 Å². The van der Waals surface area contributed by atoms with E-state index in [1.54, 1.807) is 0 Å². The Morgan fingerprint density at radius 2 is 2.11 bits per heavy atom. The lowest BCUT2D eigenvalue weighted by molar-refractivity contribution is -0.144. The van der Waals surface area contributed by atoms with E-state index < -0.39 is 0 Å². The van der Waals surface area contributed by atoms with Gasteiger partial charge in [-0.1, -0.05) is 20.8 Å². The Morgan fingerprint density at radius 3 is 2.74 bits per heavy atom. The maximum Gasteiger partial charge on any atom is 0.310 e. The van der Waals surface area contributed by atoms with Crippen LogP contribution in [-0.4, -0.2) is 36.5 Å². The second-order valence-corrected chi connectivity index (χ2v) is 7.67. The summed E-state index contributed by atoms with van der Waals surface area (Å²) < 4.78 is 17.4. The van der Waals surface area contributed by atoms with E-state index >= 15 is 0 Å². The Balaban J connectivity index is 1.63. The second-order valence-electron chi connectivity index (χ2n) is 7.67. The van der Waals surface area contributed by atoms with E-state index in [4.69, 9.17) is 14.2 Å². The molecule has 2 bridgehead atoms. The van der Waals surface area contributed by atoms with Crippen molar-refractivity contribution >= 4 is 5.97 Å². The number of carbonyl (C=O) groups excluding carboxylic acids is 1. The quantitative estimate of drug-likeness (QED) is 0.530. The fraction of sp³-hybridized carbons (Fsp3) is 0.933. The molecule has 8 unspecified atom stereocenters. The van der Waals surface area contributed by atoms with Crippen molar-refractivity contribution in [3.8, 4) is 0 Å². The van der Waals surface area contributed by atoms with E-state index in [1.165, 1.54) is 0 Å². The van der Waals surface area contributed by atoms with Crippen LogP contribution in [0, 0.1) is 29.1 Å². The first-order valence-electron chi connectivity index (χ1n) is 7.49. The Labute approximate surface area is 112 Å². The predicted octanol–water partition coefficient (Wildman–Crippen LogP) is 1.38. The van der Waals surface area contributed by atoms with Crippen molar-refractivity contribution in [3.63, 3.8) is 0 Å². The molecule has 5 fully saturated rings. The van der Waals surface area contributed by atoms with Crippen molar-refractivity contribution in [2.75, 3.05) is 6.61 Å². The van der Waals surface area contributed by atoms with Gasteiger partial charge in [0.2, 0.25) is 0 Å². The number of esters is 1. The lowest BCUT2D eigenvalue weighted by Crippen LogP contribution is -2.52. The van der Waals surface area contributed by atoms with Gasteiger partial charge in [-0.3, -0.25) is 4.79 Å². The fourth-order valence-corrected chi connectivity index (χ4v) is 5.74. The molecule has 5 rings (SSSR count). The van der Waals surface area contributed by atoms with Crippen molar-refractivity contribution in [1.82, 2.24) is 0 Å². The van der Waals surface area contributed by atoms with Gasteiger partial charge in [0.25, 0.3) is 0 Å². The third-order valence-corrected chi connectivity index (χ3v) is 6.66. The van der Waals surface area contributed by atoms with Crippen LogP contribution in [0.15, 0.2) is 0 Å². The van der Waals surface area contributed by atoms with Crippen LogP contribution in [0.25, 0.3) is 0 Å². The molecule has 0 radical (unpaired) electrons. The summed E-state index contributed by atoms with van der Waals surface area (Å²) in [6, 6.07) is 0. The van der Waals surface area contributed by atoms with Gasteiger partial charge in [-0.15, -0.1) is 0 Å². The van der Waals surface area contributed by atoms with Crippen molar-refractivity contribution in [2.24, 2.45) is 29.1 Å². The summed E-state index contributed by atoms with van der Waals surface area (Å²) in [6.45, 7) is 7.53. The Hall–Kier alpha value is -0.610. The number of ether oxygens (including phenoxy) is 3. The molecule has 104 valence electrons. The minimum Gasteiger partial charge on any atom is -0.462 e. The maximum absolute atomic E-state index is 12.3. The third kappa shape index (κ3) is 0.993. The number of fused-ring (bicyclic) bond motifs is 8. The molecule has 0 aromatic rings. The lowest BCUT2D eigenvalue weighted by Gasteiger charge is -2.46. The molecule has 0 aromatic heterocycles. The van der Waals surface area contributed by atoms with E-state index in [2.05, 4.69) is 20.8 Å². The molecule has 3 aliphatic heterocycles. The average Bonchev–Trinajstić information content (AvgIpc) is 3.17. The zero-order valence-corrected chi connectivity index (χ0v) is 11.6. The zero-order chi connectivity index (χ0) is 13.2. The molecule has 1 spiro atoms. The first-order valence-corrected chi connectivity index (χ1v) is 7.49. The monoisotopic (exact) mass is 264 g/mol. The van der Waals surface area contributed by atoms with E-state index in [-0.39, 0.29) is 41.2 Å². The Bertz CT molecular complexity index is 483. The SMILES string of the molecule is CC(C)C1C2CC3(C)C(C4OC4C34CO4)C1C(=O)O2. The van der Waals surface area contributed by atoms with Crippen LogP contribution in [0.3, 0.4) is 0 Å². The first kappa shape index (κ1) is 11.1. The largest absolute Gasteiger partial charge is 0.462 e. The zero-order valence-electron chi connectivity index (χ0n) is 11.6. The highest BCUT2D eigenvalue weighted by molar-refractivity contribution is 5.77. The topological polar surface area (TPSA) is 51.4 Å². The average molecular weight is 264 g/mol. The molecule has 5 aliphatic rings. The Kier molecular flexibility index (Phi) is 1.67. The van der Waals surface area contributed by atoms with Gasteiger partial charge in [0, 0.05) is 17.3 Å². The number of rotatable bonds is 1. The van der Waals surface area contributed by atoms with Gasteiger partial charge in [-0.2, -0.15) is 0 Å². The summed E-state index contributed by atoms with van der Waals surface area (Å²) in [6.07, 6.45) is 1.55. The molecule has 2 aliphatic carbocycles. The van der Waals surface area contributed by atoms with Crippen LogP contribution < -0.4 is 0 Å². The minimum absolute atomic E-state index is 0.0179. The maximum atomic E-state index is 12.3. The number of hydrogen-bond acceptors (Lipinski definition) is 4. The molecule has 0 N–H and O–H groups in total. The van der Waals surface area contributed by atoms with Crippen LogP contribution >= 0.6 is 0 Å². The highest BCUT2D eigenvalue weighted by Crippen LogP contribution is 2.74. The van der Waals surface area contributed by atoms with Gasteiger partial charge >= 0.3 is 5.97 Å². The molecule has 8 atom stereocenters. The summed E-state index contributed by atoms with van der Waals surface area (Å²) in [5.74, 6) is 1.20. The van der Waals surface area contributed by atoms with E-state index in [1.807, 2.05) is 0 Å². The van der Waals surface area contributed by atoms with Gasteiger partial charge in [-0.25, -0.2) is 0 Å². The standard InChI is InChI=1S/C15H20O4/c1-6(2)8-7-4-14(3)10(9(8)13(16)18-7)11-12(19-11)15(14)5-17-15/h6-12H,4-5H2,1-3H3. The highest BCUT2D eigenvalue weighted by Gasteiger charge is 2.86. The van der Waals surface area contributed by atoms with Crippen LogP contribution in [0.4, 0.5) is 0 Å². The molecule has 4 nitrogen and oxygen atoms in total. The molecular weight excluding hydrogens is 244 g/mol. The van der Waals surface area contributed by atoms with Crippen molar-refractivity contribution in [3.05, 3.63) is 0 Å². The molecule has 4 heteroatoms. The Morgan fingerprint density at radius 1 is 1.37 bits per heavy atom. The van der Waals surface area contributed by atoms with E-state index in [9.17, 15) is 4.79 Å². The van der Waals surface area contributed by atoms with Gasteiger partial charge in [0.15, 0.2) is 0 Å². The molecule has 19 heavy (non-hydrogen) atoms. The fourth-order valence-electron chi connectivity index (χ4n) is 5.74. The summed E-state index contributed by atoms with van der Waals surface area (Å²) in [4.78, 5) is 12.3. The molecule has 2 saturated carbocycles. The molecule has 3 heterocycles. The van der Waals surface area contributed by atoms with E-state index in [0.717, 1.165) is 13.0 Å². The minimum atomic E-state index is -0.0885. The lowest BCUT2D eigenvalue weighted by atomic mass is 9.55. The van der Waals surface area contributed by atoms with Crippen LogP contribution in [0.2, 0.25) is 0 Å². The van der Waals surface area contributed by atoms with Gasteiger partial charge in [0.1, 0.15) is 17.8 Å². The molecular formula is C15H20O4.